The Kier molecular flexibility index (Phi) is 4.21. The zero-order valence-electron chi connectivity index (χ0n) is 12.5. The minimum absolute atomic E-state index is 0.0259. The first-order chi connectivity index (χ1) is 11.0. The highest BCUT2D eigenvalue weighted by molar-refractivity contribution is 6.31. The second kappa shape index (κ2) is 6.30. The molecule has 2 aromatic rings. The summed E-state index contributed by atoms with van der Waals surface area (Å²) in [5.41, 5.74) is 1.68. The molecule has 1 aliphatic rings. The van der Waals surface area contributed by atoms with Gasteiger partial charge in [0.15, 0.2) is 0 Å². The van der Waals surface area contributed by atoms with Crippen molar-refractivity contribution in [3.8, 4) is 5.75 Å². The van der Waals surface area contributed by atoms with Gasteiger partial charge in [0.25, 0.3) is 5.91 Å². The molecule has 0 spiro atoms. The van der Waals surface area contributed by atoms with E-state index in [4.69, 9.17) is 16.3 Å². The van der Waals surface area contributed by atoms with Crippen molar-refractivity contribution in [2.45, 2.75) is 6.42 Å². The smallest absolute Gasteiger partial charge is 0.255 e. The van der Waals surface area contributed by atoms with Crippen LogP contribution in [-0.4, -0.2) is 25.5 Å². The minimum Gasteiger partial charge on any atom is -0.491 e. The van der Waals surface area contributed by atoms with Crippen LogP contribution < -0.4 is 15.0 Å². The Labute approximate surface area is 138 Å². The Morgan fingerprint density at radius 1 is 1.26 bits per heavy atom. The van der Waals surface area contributed by atoms with Gasteiger partial charge in [0.05, 0.1) is 18.7 Å². The van der Waals surface area contributed by atoms with Crippen LogP contribution in [0.25, 0.3) is 0 Å². The number of carbonyl (C=O) groups is 2. The maximum Gasteiger partial charge on any atom is 0.255 e. The number of carbonyl (C=O) groups excluding carboxylic acids is 2. The number of ether oxygens (including phenoxy) is 1. The number of halogens is 1. The monoisotopic (exact) mass is 330 g/mol. The van der Waals surface area contributed by atoms with Crippen molar-refractivity contribution in [3.63, 3.8) is 0 Å². The summed E-state index contributed by atoms with van der Waals surface area (Å²) >= 11 is 5.90. The summed E-state index contributed by atoms with van der Waals surface area (Å²) in [6.45, 7) is 0.352. The highest BCUT2D eigenvalue weighted by Crippen LogP contribution is 2.33. The highest BCUT2D eigenvalue weighted by Gasteiger charge is 2.20. The molecule has 5 nitrogen and oxygen atoms in total. The van der Waals surface area contributed by atoms with Gasteiger partial charge in [0, 0.05) is 23.3 Å². The standard InChI is InChI=1S/C17H15ClN2O3/c1-20-14-10-13(5-6-15(14)23-8-7-16(20)21)19-17(22)11-3-2-4-12(18)9-11/h2-6,9-10H,7-8H2,1H3,(H,19,22). The number of benzene rings is 2. The van der Waals surface area contributed by atoms with E-state index < -0.39 is 0 Å². The summed E-state index contributed by atoms with van der Waals surface area (Å²) in [6.07, 6.45) is 0.329. The van der Waals surface area contributed by atoms with Gasteiger partial charge in [0.2, 0.25) is 5.91 Å². The van der Waals surface area contributed by atoms with Crippen LogP contribution in [0.3, 0.4) is 0 Å². The largest absolute Gasteiger partial charge is 0.491 e. The van der Waals surface area contributed by atoms with E-state index in [2.05, 4.69) is 5.32 Å². The summed E-state index contributed by atoms with van der Waals surface area (Å²) in [7, 11) is 1.69. The van der Waals surface area contributed by atoms with Crippen LogP contribution >= 0.6 is 11.6 Å². The average molecular weight is 331 g/mol. The molecule has 2 aromatic carbocycles. The van der Waals surface area contributed by atoms with E-state index in [1.54, 1.807) is 49.5 Å². The second-order valence-electron chi connectivity index (χ2n) is 5.20. The summed E-state index contributed by atoms with van der Waals surface area (Å²) < 4.78 is 5.56. The van der Waals surface area contributed by atoms with Crippen molar-refractivity contribution in [1.29, 1.82) is 0 Å². The molecule has 0 atom stereocenters. The number of hydrogen-bond donors (Lipinski definition) is 1. The normalized spacial score (nSPS) is 13.8. The average Bonchev–Trinajstić information content (AvgIpc) is 2.67. The fraction of sp³-hybridized carbons (Fsp3) is 0.176. The summed E-state index contributed by atoms with van der Waals surface area (Å²) in [5.74, 6) is 0.331. The number of nitrogens with zero attached hydrogens (tertiary/aromatic N) is 1. The van der Waals surface area contributed by atoms with E-state index >= 15 is 0 Å². The van der Waals surface area contributed by atoms with Crippen molar-refractivity contribution < 1.29 is 14.3 Å². The van der Waals surface area contributed by atoms with Crippen LogP contribution in [0, 0.1) is 0 Å². The van der Waals surface area contributed by atoms with Gasteiger partial charge in [-0.3, -0.25) is 9.59 Å². The van der Waals surface area contributed by atoms with Gasteiger partial charge in [0.1, 0.15) is 5.75 Å². The molecule has 1 heterocycles. The molecule has 1 N–H and O–H groups in total. The van der Waals surface area contributed by atoms with Crippen LogP contribution in [0.5, 0.6) is 5.75 Å². The zero-order valence-corrected chi connectivity index (χ0v) is 13.3. The molecule has 0 saturated heterocycles. The third kappa shape index (κ3) is 3.29. The summed E-state index contributed by atoms with van der Waals surface area (Å²) in [6, 6.07) is 11.9. The van der Waals surface area contributed by atoms with Gasteiger partial charge in [-0.1, -0.05) is 17.7 Å². The Morgan fingerprint density at radius 2 is 2.09 bits per heavy atom. The third-order valence-electron chi connectivity index (χ3n) is 3.61. The van der Waals surface area contributed by atoms with Crippen LogP contribution in [-0.2, 0) is 4.79 Å². The van der Waals surface area contributed by atoms with Crippen molar-refractivity contribution in [3.05, 3.63) is 53.1 Å². The van der Waals surface area contributed by atoms with Gasteiger partial charge in [-0.2, -0.15) is 0 Å². The predicted octanol–water partition coefficient (Wildman–Crippen LogP) is 3.34. The lowest BCUT2D eigenvalue weighted by Gasteiger charge is -2.17. The quantitative estimate of drug-likeness (QED) is 0.918. The molecule has 1 aliphatic heterocycles. The van der Waals surface area contributed by atoms with E-state index in [9.17, 15) is 9.59 Å². The molecule has 0 radical (unpaired) electrons. The van der Waals surface area contributed by atoms with Crippen molar-refractivity contribution >= 4 is 34.8 Å². The minimum atomic E-state index is -0.268. The molecule has 3 rings (SSSR count). The molecule has 0 fully saturated rings. The van der Waals surface area contributed by atoms with Gasteiger partial charge in [-0.25, -0.2) is 0 Å². The topological polar surface area (TPSA) is 58.6 Å². The first kappa shape index (κ1) is 15.4. The molecule has 6 heteroatoms. The first-order valence-electron chi connectivity index (χ1n) is 7.15. The number of amides is 2. The molecular weight excluding hydrogens is 316 g/mol. The zero-order chi connectivity index (χ0) is 16.4. The van der Waals surface area contributed by atoms with E-state index in [0.29, 0.717) is 40.7 Å². The molecule has 0 saturated carbocycles. The Hall–Kier alpha value is -2.53. The SMILES string of the molecule is CN1C(=O)CCOc2ccc(NC(=O)c3cccc(Cl)c3)cc21. The van der Waals surface area contributed by atoms with Gasteiger partial charge in [-0.15, -0.1) is 0 Å². The van der Waals surface area contributed by atoms with Crippen LogP contribution in [0.2, 0.25) is 5.02 Å². The highest BCUT2D eigenvalue weighted by atomic mass is 35.5. The number of rotatable bonds is 2. The van der Waals surface area contributed by atoms with Crippen LogP contribution in [0.1, 0.15) is 16.8 Å². The van der Waals surface area contributed by atoms with Crippen molar-refractivity contribution in [2.24, 2.45) is 0 Å². The van der Waals surface area contributed by atoms with Gasteiger partial charge < -0.3 is 15.0 Å². The van der Waals surface area contributed by atoms with Crippen LogP contribution in [0.15, 0.2) is 42.5 Å². The molecule has 0 aromatic heterocycles. The van der Waals surface area contributed by atoms with Gasteiger partial charge in [-0.05, 0) is 36.4 Å². The molecule has 0 bridgehead atoms. The lowest BCUT2D eigenvalue weighted by molar-refractivity contribution is -0.118. The fourth-order valence-corrected chi connectivity index (χ4v) is 2.55. The number of fused-ring (bicyclic) bond motifs is 1. The lowest BCUT2D eigenvalue weighted by Crippen LogP contribution is -2.25. The first-order valence-corrected chi connectivity index (χ1v) is 7.53. The molecule has 118 valence electrons. The number of nitrogens with one attached hydrogen (secondary N) is 1. The lowest BCUT2D eigenvalue weighted by atomic mass is 10.2. The number of anilines is 2. The fourth-order valence-electron chi connectivity index (χ4n) is 2.36. The molecule has 2 amide bonds. The maximum atomic E-state index is 12.3. The second-order valence-corrected chi connectivity index (χ2v) is 5.63. The predicted molar refractivity (Wildman–Crippen MR) is 89.4 cm³/mol. The Balaban J connectivity index is 1.86. The van der Waals surface area contributed by atoms with E-state index in [0.717, 1.165) is 0 Å². The molecule has 23 heavy (non-hydrogen) atoms. The van der Waals surface area contributed by atoms with Crippen LogP contribution in [0.4, 0.5) is 11.4 Å². The van der Waals surface area contributed by atoms with Gasteiger partial charge >= 0.3 is 0 Å². The summed E-state index contributed by atoms with van der Waals surface area (Å²) in [5, 5.41) is 3.30. The molecule has 0 unspecified atom stereocenters. The van der Waals surface area contributed by atoms with E-state index in [1.807, 2.05) is 0 Å². The van der Waals surface area contributed by atoms with Crippen molar-refractivity contribution in [2.75, 3.05) is 23.9 Å². The summed E-state index contributed by atoms with van der Waals surface area (Å²) in [4.78, 5) is 25.7. The van der Waals surface area contributed by atoms with Crippen molar-refractivity contribution in [1.82, 2.24) is 0 Å². The Morgan fingerprint density at radius 3 is 2.87 bits per heavy atom. The number of hydrogen-bond acceptors (Lipinski definition) is 3. The molecular formula is C17H15ClN2O3. The molecule has 0 aliphatic carbocycles. The third-order valence-corrected chi connectivity index (χ3v) is 3.85. The maximum absolute atomic E-state index is 12.3. The van der Waals surface area contributed by atoms with E-state index in [1.165, 1.54) is 4.90 Å². The Bertz CT molecular complexity index is 776. The van der Waals surface area contributed by atoms with E-state index in [-0.39, 0.29) is 11.8 Å².